The van der Waals surface area contributed by atoms with E-state index in [9.17, 15) is 0 Å². The summed E-state index contributed by atoms with van der Waals surface area (Å²) in [7, 11) is 0. The van der Waals surface area contributed by atoms with Crippen molar-refractivity contribution in [2.75, 3.05) is 11.1 Å². The number of hydrogen-bond acceptors (Lipinski definition) is 5. The van der Waals surface area contributed by atoms with Gasteiger partial charge in [-0.3, -0.25) is 5.10 Å². The van der Waals surface area contributed by atoms with E-state index in [4.69, 9.17) is 17.2 Å². The fourth-order valence-electron chi connectivity index (χ4n) is 2.15. The molecular weight excluding hydrogens is 304 g/mol. The highest BCUT2D eigenvalue weighted by Gasteiger charge is 2.05. The van der Waals surface area contributed by atoms with Crippen LogP contribution in [-0.2, 0) is 0 Å². The van der Waals surface area contributed by atoms with Crippen LogP contribution in [0.1, 0.15) is 0 Å². The van der Waals surface area contributed by atoms with Crippen molar-refractivity contribution in [3.63, 3.8) is 0 Å². The highest BCUT2D eigenvalue weighted by Crippen LogP contribution is 2.22. The van der Waals surface area contributed by atoms with Gasteiger partial charge in [-0.25, -0.2) is 0 Å². The zero-order chi connectivity index (χ0) is 16.9. The number of para-hydroxylation sites is 1. The summed E-state index contributed by atoms with van der Waals surface area (Å²) in [5.41, 5.74) is 19.6. The molecule has 0 aliphatic carbocycles. The number of anilines is 2. The Morgan fingerprint density at radius 1 is 1.12 bits per heavy atom. The van der Waals surface area contributed by atoms with Crippen LogP contribution in [0.4, 0.5) is 17.2 Å². The Morgan fingerprint density at radius 2 is 1.88 bits per heavy atom. The molecule has 0 fully saturated rings. The highest BCUT2D eigenvalue weighted by atomic mass is 15.2. The number of aromatic amines is 1. The van der Waals surface area contributed by atoms with E-state index in [-0.39, 0.29) is 5.96 Å². The van der Waals surface area contributed by atoms with Gasteiger partial charge < -0.3 is 27.8 Å². The van der Waals surface area contributed by atoms with E-state index in [1.807, 2.05) is 36.4 Å². The Morgan fingerprint density at radius 3 is 2.62 bits per heavy atom. The van der Waals surface area contributed by atoms with Crippen LogP contribution in [0.2, 0.25) is 0 Å². The van der Waals surface area contributed by atoms with Crippen LogP contribution in [-0.4, -0.2) is 16.2 Å². The van der Waals surface area contributed by atoms with Gasteiger partial charge in [-0.05, 0) is 36.4 Å². The minimum absolute atomic E-state index is 0.159. The normalized spacial score (nSPS) is 12.3. The van der Waals surface area contributed by atoms with Crippen molar-refractivity contribution < 1.29 is 0 Å². The van der Waals surface area contributed by atoms with Crippen LogP contribution in [0.3, 0.4) is 0 Å². The number of nitrogen functional groups attached to an aromatic ring is 1. The Bertz CT molecular complexity index is 892. The van der Waals surface area contributed by atoms with Gasteiger partial charge in [0.25, 0.3) is 0 Å². The fraction of sp³-hybridized carbons (Fsp3) is 0. The number of benzene rings is 2. The lowest BCUT2D eigenvalue weighted by atomic mass is 10.2. The van der Waals surface area contributed by atoms with Crippen molar-refractivity contribution in [3.8, 4) is 0 Å². The number of hydrogen-bond donors (Lipinski definition) is 6. The molecule has 9 N–H and O–H groups in total. The molecule has 1 heterocycles. The van der Waals surface area contributed by atoms with Gasteiger partial charge in [0, 0.05) is 23.0 Å². The Balaban J connectivity index is 1.74. The van der Waals surface area contributed by atoms with Gasteiger partial charge in [-0.1, -0.05) is 12.1 Å². The zero-order valence-corrected chi connectivity index (χ0v) is 12.8. The molecule has 1 aromatic heterocycles. The van der Waals surface area contributed by atoms with Crippen molar-refractivity contribution in [1.29, 1.82) is 0 Å². The van der Waals surface area contributed by atoms with Crippen LogP contribution in [0.5, 0.6) is 0 Å². The second-order valence-electron chi connectivity index (χ2n) is 5.04. The van der Waals surface area contributed by atoms with E-state index in [0.717, 1.165) is 16.6 Å². The lowest BCUT2D eigenvalue weighted by Gasteiger charge is -2.12. The summed E-state index contributed by atoms with van der Waals surface area (Å²) in [4.78, 5) is 4.28. The molecule has 0 amide bonds. The van der Waals surface area contributed by atoms with E-state index >= 15 is 0 Å². The summed E-state index contributed by atoms with van der Waals surface area (Å²) < 4.78 is 0. The predicted molar refractivity (Wildman–Crippen MR) is 97.3 cm³/mol. The average Bonchev–Trinajstić information content (AvgIpc) is 2.99. The number of aliphatic imine (C=N–C) groups is 1. The first-order valence-corrected chi connectivity index (χ1v) is 7.24. The van der Waals surface area contributed by atoms with Gasteiger partial charge in [0.05, 0.1) is 5.52 Å². The Labute approximate surface area is 138 Å². The summed E-state index contributed by atoms with van der Waals surface area (Å²) in [5, 5.41) is 13.9. The summed E-state index contributed by atoms with van der Waals surface area (Å²) in [6.07, 6.45) is 1.36. The number of aromatic nitrogens is 2. The number of nitrogens with one attached hydrogen (secondary N) is 3. The molecule has 8 heteroatoms. The van der Waals surface area contributed by atoms with E-state index < -0.39 is 0 Å². The third-order valence-electron chi connectivity index (χ3n) is 3.30. The minimum atomic E-state index is 0.159. The van der Waals surface area contributed by atoms with Crippen LogP contribution < -0.4 is 27.8 Å². The molecule has 3 aromatic rings. The van der Waals surface area contributed by atoms with Gasteiger partial charge >= 0.3 is 0 Å². The monoisotopic (exact) mass is 322 g/mol. The van der Waals surface area contributed by atoms with Crippen molar-refractivity contribution in [2.24, 2.45) is 16.5 Å². The summed E-state index contributed by atoms with van der Waals surface area (Å²) in [6.45, 7) is 0. The topological polar surface area (TPSA) is 143 Å². The van der Waals surface area contributed by atoms with Crippen molar-refractivity contribution in [1.82, 2.24) is 15.5 Å². The molecule has 0 saturated heterocycles. The van der Waals surface area contributed by atoms with E-state index in [1.165, 1.54) is 6.20 Å². The first-order valence-electron chi connectivity index (χ1n) is 7.24. The van der Waals surface area contributed by atoms with E-state index in [2.05, 4.69) is 25.8 Å². The molecule has 122 valence electrons. The zero-order valence-electron chi connectivity index (χ0n) is 12.8. The summed E-state index contributed by atoms with van der Waals surface area (Å²) in [5.74, 6) is 1.15. The third-order valence-corrected chi connectivity index (χ3v) is 3.30. The fourth-order valence-corrected chi connectivity index (χ4v) is 2.15. The maximum atomic E-state index is 5.94. The van der Waals surface area contributed by atoms with Crippen molar-refractivity contribution >= 4 is 34.1 Å². The number of nitrogens with two attached hydrogens (primary N) is 3. The number of rotatable bonds is 4. The standard InChI is InChI=1S/C16H18N8/c17-9-14(20-11-7-5-10(18)6-8-11)21-16(19)22-15-12-3-1-2-4-13(12)23-24-15/h1-9,20H,17-18H2,(H4,19,21,22,23,24)/b14-9-. The second kappa shape index (κ2) is 6.61. The summed E-state index contributed by atoms with van der Waals surface area (Å²) in [6, 6.07) is 14.9. The molecule has 0 saturated carbocycles. The molecule has 0 aliphatic heterocycles. The molecule has 0 atom stereocenters. The number of fused-ring (bicyclic) bond motifs is 1. The second-order valence-corrected chi connectivity index (χ2v) is 5.04. The highest BCUT2D eigenvalue weighted by molar-refractivity contribution is 5.92. The van der Waals surface area contributed by atoms with Gasteiger partial charge in [0.15, 0.2) is 5.82 Å². The molecule has 0 aliphatic rings. The minimum Gasteiger partial charge on any atom is -0.402 e. The smallest absolute Gasteiger partial charge is 0.201 e. The third kappa shape index (κ3) is 3.38. The summed E-state index contributed by atoms with van der Waals surface area (Å²) >= 11 is 0. The molecule has 0 bridgehead atoms. The number of H-pyrrole nitrogens is 1. The van der Waals surface area contributed by atoms with Crippen LogP contribution in [0.15, 0.2) is 65.5 Å². The molecule has 0 radical (unpaired) electrons. The molecule has 24 heavy (non-hydrogen) atoms. The van der Waals surface area contributed by atoms with Gasteiger partial charge in [0.2, 0.25) is 5.96 Å². The van der Waals surface area contributed by atoms with E-state index in [0.29, 0.717) is 17.3 Å². The van der Waals surface area contributed by atoms with Gasteiger partial charge in [-0.15, -0.1) is 0 Å². The lowest BCUT2D eigenvalue weighted by Crippen LogP contribution is -2.34. The Kier molecular flexibility index (Phi) is 4.19. The Hall–Kier alpha value is -3.68. The van der Waals surface area contributed by atoms with Crippen molar-refractivity contribution in [2.45, 2.75) is 0 Å². The van der Waals surface area contributed by atoms with Crippen LogP contribution in [0.25, 0.3) is 10.9 Å². The maximum absolute atomic E-state index is 5.94. The molecular formula is C16H18N8. The van der Waals surface area contributed by atoms with Gasteiger partial charge in [0.1, 0.15) is 5.82 Å². The van der Waals surface area contributed by atoms with Gasteiger partial charge in [-0.2, -0.15) is 10.1 Å². The molecule has 8 nitrogen and oxygen atoms in total. The number of guanidine groups is 1. The SMILES string of the molecule is N/C=C(\NC(N)=Nc1n[nH]c2ccccc12)Nc1ccc(N)cc1. The largest absolute Gasteiger partial charge is 0.402 e. The van der Waals surface area contributed by atoms with Crippen LogP contribution in [0, 0.1) is 0 Å². The molecule has 2 aromatic carbocycles. The van der Waals surface area contributed by atoms with Crippen molar-refractivity contribution in [3.05, 3.63) is 60.6 Å². The maximum Gasteiger partial charge on any atom is 0.201 e. The molecule has 0 spiro atoms. The average molecular weight is 322 g/mol. The predicted octanol–water partition coefficient (Wildman–Crippen LogP) is 1.55. The number of nitrogens with zero attached hydrogens (tertiary/aromatic N) is 2. The van der Waals surface area contributed by atoms with E-state index in [1.54, 1.807) is 12.1 Å². The lowest BCUT2D eigenvalue weighted by molar-refractivity contribution is 1.06. The molecule has 0 unspecified atom stereocenters. The first-order chi connectivity index (χ1) is 11.7. The first kappa shape index (κ1) is 15.2. The molecule has 3 rings (SSSR count). The van der Waals surface area contributed by atoms with Crippen LogP contribution >= 0.6 is 0 Å². The quantitative estimate of drug-likeness (QED) is 0.244.